The average Bonchev–Trinajstić information content (AvgIpc) is 2.25. The number of nitrogens with one attached hydrogen (secondary N) is 1. The number of carbonyl (C=O) groups is 1. The molecule has 1 aromatic rings. The van der Waals surface area contributed by atoms with Crippen LogP contribution in [0.15, 0.2) is 18.5 Å². The zero-order valence-corrected chi connectivity index (χ0v) is 11.0. The monoisotopic (exact) mass is 252 g/mol. The number of amides is 1. The predicted octanol–water partition coefficient (Wildman–Crippen LogP) is 0.871. The summed E-state index contributed by atoms with van der Waals surface area (Å²) in [4.78, 5) is 19.5. The van der Waals surface area contributed by atoms with E-state index >= 15 is 0 Å². The fourth-order valence-electron chi connectivity index (χ4n) is 1.27. The van der Waals surface area contributed by atoms with Crippen molar-refractivity contribution in [2.75, 3.05) is 6.54 Å². The van der Waals surface area contributed by atoms with E-state index in [4.69, 9.17) is 10.5 Å². The zero-order valence-electron chi connectivity index (χ0n) is 11.0. The molecular weight excluding hydrogens is 232 g/mol. The maximum absolute atomic E-state index is 11.4. The number of alkyl carbamates (subject to hydrolysis) is 1. The van der Waals surface area contributed by atoms with Crippen molar-refractivity contribution in [3.8, 4) is 0 Å². The van der Waals surface area contributed by atoms with Gasteiger partial charge in [0.15, 0.2) is 0 Å². The number of nitrogens with zero attached hydrogens (tertiary/aromatic N) is 2. The van der Waals surface area contributed by atoms with Crippen molar-refractivity contribution in [1.29, 1.82) is 0 Å². The van der Waals surface area contributed by atoms with Gasteiger partial charge in [-0.3, -0.25) is 0 Å². The van der Waals surface area contributed by atoms with Gasteiger partial charge in [0.25, 0.3) is 0 Å². The summed E-state index contributed by atoms with van der Waals surface area (Å²) in [6.45, 7) is 5.76. The third-order valence-electron chi connectivity index (χ3n) is 1.97. The van der Waals surface area contributed by atoms with Crippen LogP contribution in [0.25, 0.3) is 0 Å². The van der Waals surface area contributed by atoms with Crippen molar-refractivity contribution in [2.45, 2.75) is 38.8 Å². The lowest BCUT2D eigenvalue weighted by Gasteiger charge is -2.20. The minimum atomic E-state index is -0.503. The fraction of sp³-hybridized carbons (Fsp3) is 0.583. The van der Waals surface area contributed by atoms with Gasteiger partial charge in [0.1, 0.15) is 11.4 Å². The largest absolute Gasteiger partial charge is 0.444 e. The van der Waals surface area contributed by atoms with E-state index < -0.39 is 11.7 Å². The Morgan fingerprint density at radius 1 is 1.44 bits per heavy atom. The van der Waals surface area contributed by atoms with Crippen LogP contribution in [0.3, 0.4) is 0 Å². The second-order valence-electron chi connectivity index (χ2n) is 5.01. The molecule has 0 aliphatic carbocycles. The van der Waals surface area contributed by atoms with Crippen LogP contribution in [0.2, 0.25) is 0 Å². The van der Waals surface area contributed by atoms with Gasteiger partial charge in [-0.1, -0.05) is 0 Å². The molecule has 6 nitrogen and oxygen atoms in total. The van der Waals surface area contributed by atoms with E-state index in [1.807, 2.05) is 20.8 Å². The van der Waals surface area contributed by atoms with E-state index in [0.717, 1.165) is 0 Å². The molecule has 1 atom stereocenters. The Balaban J connectivity index is 2.29. The van der Waals surface area contributed by atoms with Crippen molar-refractivity contribution in [3.63, 3.8) is 0 Å². The number of ether oxygens (including phenoxy) is 1. The van der Waals surface area contributed by atoms with Crippen LogP contribution in [-0.4, -0.2) is 34.2 Å². The lowest BCUT2D eigenvalue weighted by molar-refractivity contribution is 0.0524. The van der Waals surface area contributed by atoms with Crippen molar-refractivity contribution >= 4 is 6.09 Å². The van der Waals surface area contributed by atoms with Crippen LogP contribution in [0.1, 0.15) is 26.6 Å². The maximum atomic E-state index is 11.4. The Kier molecular flexibility index (Phi) is 5.03. The zero-order chi connectivity index (χ0) is 13.6. The van der Waals surface area contributed by atoms with Gasteiger partial charge in [0.2, 0.25) is 0 Å². The van der Waals surface area contributed by atoms with Gasteiger partial charge >= 0.3 is 6.09 Å². The topological polar surface area (TPSA) is 90.1 Å². The summed E-state index contributed by atoms with van der Waals surface area (Å²) in [6.07, 6.45) is 3.37. The highest BCUT2D eigenvalue weighted by atomic mass is 16.6. The Morgan fingerprint density at radius 2 is 2.06 bits per heavy atom. The molecule has 18 heavy (non-hydrogen) atoms. The molecule has 100 valence electrons. The van der Waals surface area contributed by atoms with Crippen LogP contribution in [-0.2, 0) is 11.2 Å². The molecule has 0 spiro atoms. The van der Waals surface area contributed by atoms with E-state index in [2.05, 4.69) is 15.3 Å². The summed E-state index contributed by atoms with van der Waals surface area (Å²) < 4.78 is 5.10. The minimum absolute atomic E-state index is 0.236. The highest BCUT2D eigenvalue weighted by Gasteiger charge is 2.16. The molecule has 1 rings (SSSR count). The van der Waals surface area contributed by atoms with Gasteiger partial charge < -0.3 is 15.8 Å². The van der Waals surface area contributed by atoms with E-state index in [1.165, 1.54) is 0 Å². The molecule has 1 unspecified atom stereocenters. The van der Waals surface area contributed by atoms with E-state index in [1.54, 1.807) is 18.5 Å². The quantitative estimate of drug-likeness (QED) is 0.830. The van der Waals surface area contributed by atoms with Gasteiger partial charge in [-0.05, 0) is 26.8 Å². The third kappa shape index (κ3) is 6.15. The molecule has 1 heterocycles. The molecule has 6 heteroatoms. The Bertz CT molecular complexity index is 375. The minimum Gasteiger partial charge on any atom is -0.444 e. The van der Waals surface area contributed by atoms with Crippen molar-refractivity contribution in [3.05, 3.63) is 24.3 Å². The molecule has 0 aromatic carbocycles. The second kappa shape index (κ2) is 6.30. The standard InChI is InChI=1S/C12H20N4O2/c1-12(2,3)18-11(17)16-8-9(13)7-10-14-5-4-6-15-10/h4-6,9H,7-8,13H2,1-3H3,(H,16,17). The van der Waals surface area contributed by atoms with E-state index in [0.29, 0.717) is 18.8 Å². The number of rotatable bonds is 4. The molecule has 1 amide bonds. The Morgan fingerprint density at radius 3 is 2.61 bits per heavy atom. The maximum Gasteiger partial charge on any atom is 0.407 e. The summed E-state index contributed by atoms with van der Waals surface area (Å²) >= 11 is 0. The summed E-state index contributed by atoms with van der Waals surface area (Å²) in [5.41, 5.74) is 5.36. The first-order chi connectivity index (χ1) is 8.37. The fourth-order valence-corrected chi connectivity index (χ4v) is 1.27. The van der Waals surface area contributed by atoms with Gasteiger partial charge in [-0.15, -0.1) is 0 Å². The normalized spacial score (nSPS) is 12.9. The summed E-state index contributed by atoms with van der Waals surface area (Å²) in [7, 11) is 0. The molecule has 0 aliphatic rings. The van der Waals surface area contributed by atoms with Crippen LogP contribution in [0.4, 0.5) is 4.79 Å². The molecule has 0 saturated heterocycles. The molecule has 3 N–H and O–H groups in total. The number of hydrogen-bond donors (Lipinski definition) is 2. The van der Waals surface area contributed by atoms with Crippen molar-refractivity contribution < 1.29 is 9.53 Å². The first-order valence-electron chi connectivity index (χ1n) is 5.85. The van der Waals surface area contributed by atoms with Crippen molar-refractivity contribution in [2.24, 2.45) is 5.73 Å². The van der Waals surface area contributed by atoms with Gasteiger partial charge in [0, 0.05) is 31.4 Å². The molecule has 0 saturated carbocycles. The molecule has 0 aliphatic heterocycles. The van der Waals surface area contributed by atoms with Crippen LogP contribution >= 0.6 is 0 Å². The summed E-state index contributed by atoms with van der Waals surface area (Å²) in [6, 6.07) is 1.51. The SMILES string of the molecule is CC(C)(C)OC(=O)NCC(N)Cc1ncccn1. The van der Waals surface area contributed by atoms with Crippen LogP contribution in [0.5, 0.6) is 0 Å². The molecule has 0 fully saturated rings. The summed E-state index contributed by atoms with van der Waals surface area (Å²) in [5.74, 6) is 0.663. The highest BCUT2D eigenvalue weighted by molar-refractivity contribution is 5.67. The van der Waals surface area contributed by atoms with E-state index in [9.17, 15) is 4.79 Å². The molecular formula is C12H20N4O2. The summed E-state index contributed by atoms with van der Waals surface area (Å²) in [5, 5.41) is 2.62. The third-order valence-corrected chi connectivity index (χ3v) is 1.97. The smallest absolute Gasteiger partial charge is 0.407 e. The number of nitrogens with two attached hydrogens (primary N) is 1. The molecule has 1 aromatic heterocycles. The van der Waals surface area contributed by atoms with Gasteiger partial charge in [-0.2, -0.15) is 0 Å². The van der Waals surface area contributed by atoms with Gasteiger partial charge in [0.05, 0.1) is 0 Å². The predicted molar refractivity (Wildman–Crippen MR) is 67.9 cm³/mol. The van der Waals surface area contributed by atoms with Crippen molar-refractivity contribution in [1.82, 2.24) is 15.3 Å². The van der Waals surface area contributed by atoms with Gasteiger partial charge in [-0.25, -0.2) is 14.8 Å². The van der Waals surface area contributed by atoms with Crippen LogP contribution < -0.4 is 11.1 Å². The Labute approximate surface area is 107 Å². The number of aromatic nitrogens is 2. The second-order valence-corrected chi connectivity index (χ2v) is 5.01. The lowest BCUT2D eigenvalue weighted by atomic mass is 10.2. The first kappa shape index (κ1) is 14.4. The highest BCUT2D eigenvalue weighted by Crippen LogP contribution is 2.06. The van der Waals surface area contributed by atoms with E-state index in [-0.39, 0.29) is 6.04 Å². The average molecular weight is 252 g/mol. The van der Waals surface area contributed by atoms with Crippen LogP contribution in [0, 0.1) is 0 Å². The Hall–Kier alpha value is -1.69. The number of carbonyl (C=O) groups excluding carboxylic acids is 1. The lowest BCUT2D eigenvalue weighted by Crippen LogP contribution is -2.41. The first-order valence-corrected chi connectivity index (χ1v) is 5.85. The molecule has 0 bridgehead atoms. The number of hydrogen-bond acceptors (Lipinski definition) is 5. The molecule has 0 radical (unpaired) electrons.